The van der Waals surface area contributed by atoms with Crippen molar-refractivity contribution in [2.24, 2.45) is 0 Å². The molecule has 0 radical (unpaired) electrons. The lowest BCUT2D eigenvalue weighted by molar-refractivity contribution is -0.351. The molecule has 2 aliphatic rings. The van der Waals surface area contributed by atoms with Crippen molar-refractivity contribution in [2.45, 2.75) is 61.4 Å². The van der Waals surface area contributed by atoms with Gasteiger partial charge in [0.25, 0.3) is 0 Å². The van der Waals surface area contributed by atoms with Crippen molar-refractivity contribution in [3.63, 3.8) is 0 Å². The molecule has 24 heavy (non-hydrogen) atoms. The third-order valence-corrected chi connectivity index (χ3v) is 3.94. The molecule has 12 nitrogen and oxygen atoms in total. The largest absolute Gasteiger partial charge is 0.479 e. The lowest BCUT2D eigenvalue weighted by atomic mass is 9.97. The highest BCUT2D eigenvalue weighted by molar-refractivity contribution is 5.73. The summed E-state index contributed by atoms with van der Waals surface area (Å²) < 4.78 is 14.7. The fourth-order valence-electron chi connectivity index (χ4n) is 2.55. The van der Waals surface area contributed by atoms with Gasteiger partial charge in [0.05, 0.1) is 6.61 Å². The zero-order valence-corrected chi connectivity index (χ0v) is 12.2. The number of aliphatic carboxylic acids is 1. The first-order valence-corrected chi connectivity index (χ1v) is 7.07. The second kappa shape index (κ2) is 7.53. The fourth-order valence-corrected chi connectivity index (χ4v) is 2.55. The molecule has 8 N–H and O–H groups in total. The molecule has 12 heteroatoms. The molecule has 0 spiro atoms. The van der Waals surface area contributed by atoms with E-state index in [1.165, 1.54) is 0 Å². The number of carboxylic acids is 1. The highest BCUT2D eigenvalue weighted by Gasteiger charge is 2.51. The van der Waals surface area contributed by atoms with Crippen LogP contribution < -0.4 is 0 Å². The summed E-state index contributed by atoms with van der Waals surface area (Å²) in [5.41, 5.74) is 0. The Morgan fingerprint density at radius 1 is 0.875 bits per heavy atom. The summed E-state index contributed by atoms with van der Waals surface area (Å²) in [5, 5.41) is 76.4. The Morgan fingerprint density at radius 3 is 2.04 bits per heavy atom. The molecule has 10 atom stereocenters. The van der Waals surface area contributed by atoms with Crippen LogP contribution in [0.5, 0.6) is 0 Å². The number of rotatable bonds is 4. The molecule has 2 saturated heterocycles. The van der Waals surface area contributed by atoms with Gasteiger partial charge in [0.2, 0.25) is 0 Å². The minimum atomic E-state index is -1.93. The second-order valence-corrected chi connectivity index (χ2v) is 5.56. The number of aliphatic hydroxyl groups excluding tert-OH is 7. The lowest BCUT2D eigenvalue weighted by Crippen LogP contribution is -2.65. The van der Waals surface area contributed by atoms with E-state index in [1.807, 2.05) is 0 Å². The Balaban J connectivity index is 2.16. The van der Waals surface area contributed by atoms with Gasteiger partial charge in [0, 0.05) is 0 Å². The molecule has 0 aliphatic carbocycles. The van der Waals surface area contributed by atoms with E-state index < -0.39 is 74.0 Å². The Hall–Kier alpha value is -0.930. The zero-order chi connectivity index (χ0) is 18.2. The summed E-state index contributed by atoms with van der Waals surface area (Å²) in [6.07, 6.45) is -17.8. The lowest BCUT2D eigenvalue weighted by Gasteiger charge is -2.44. The van der Waals surface area contributed by atoms with Crippen LogP contribution in [0.3, 0.4) is 0 Å². The van der Waals surface area contributed by atoms with Crippen LogP contribution in [-0.4, -0.2) is 115 Å². The summed E-state index contributed by atoms with van der Waals surface area (Å²) in [5.74, 6) is -1.64. The van der Waals surface area contributed by atoms with E-state index in [1.54, 1.807) is 0 Å². The summed E-state index contributed by atoms with van der Waals surface area (Å²) in [6, 6.07) is 0. The minimum Gasteiger partial charge on any atom is -0.479 e. The van der Waals surface area contributed by atoms with Crippen LogP contribution >= 0.6 is 0 Å². The third-order valence-electron chi connectivity index (χ3n) is 3.94. The van der Waals surface area contributed by atoms with Crippen molar-refractivity contribution in [3.8, 4) is 0 Å². The number of carbonyl (C=O) groups is 1. The average molecular weight is 356 g/mol. The Labute approximate surface area is 135 Å². The van der Waals surface area contributed by atoms with Crippen LogP contribution in [-0.2, 0) is 19.0 Å². The molecular weight excluding hydrogens is 336 g/mol. The first-order chi connectivity index (χ1) is 11.2. The first kappa shape index (κ1) is 19.4. The van der Waals surface area contributed by atoms with E-state index in [2.05, 4.69) is 0 Å². The number of aliphatic hydroxyl groups is 7. The van der Waals surface area contributed by atoms with Crippen molar-refractivity contribution in [1.29, 1.82) is 0 Å². The van der Waals surface area contributed by atoms with Gasteiger partial charge >= 0.3 is 5.97 Å². The smallest absolute Gasteiger partial charge is 0.335 e. The standard InChI is InChI=1S/C12H20O12/c13-1-2-3(14)8(7(18)11(21)22-2)23-12-6(17)4(15)5(16)9(24-12)10(19)20/h2-9,11-18,21H,1H2,(H,19,20)/t2-,3-,4+,5+,6-,7-,8+,9+,11-,12-/m0/s1. The van der Waals surface area contributed by atoms with Gasteiger partial charge in [-0.25, -0.2) is 4.79 Å². The van der Waals surface area contributed by atoms with Crippen LogP contribution in [0, 0.1) is 0 Å². The van der Waals surface area contributed by atoms with Gasteiger partial charge in [-0.15, -0.1) is 0 Å². The van der Waals surface area contributed by atoms with Gasteiger partial charge in [0.15, 0.2) is 18.7 Å². The van der Waals surface area contributed by atoms with E-state index in [9.17, 15) is 35.4 Å². The molecule has 2 rings (SSSR count). The second-order valence-electron chi connectivity index (χ2n) is 5.56. The SMILES string of the molecule is O=C(O)[C@@H]1O[C@H](O[C@@H]2[C@@H](O)[C@H](CO)O[C@H](O)[C@H]2O)[C@@H](O)[C@H](O)[C@H]1O. The van der Waals surface area contributed by atoms with E-state index in [0.29, 0.717) is 0 Å². The molecule has 0 unspecified atom stereocenters. The molecule has 0 saturated carbocycles. The molecule has 0 bridgehead atoms. The van der Waals surface area contributed by atoms with Crippen LogP contribution in [0.2, 0.25) is 0 Å². The van der Waals surface area contributed by atoms with E-state index in [-0.39, 0.29) is 0 Å². The van der Waals surface area contributed by atoms with Crippen molar-refractivity contribution in [2.75, 3.05) is 6.61 Å². The van der Waals surface area contributed by atoms with Crippen molar-refractivity contribution in [3.05, 3.63) is 0 Å². The predicted octanol–water partition coefficient (Wildman–Crippen LogP) is -5.30. The molecule has 140 valence electrons. The molecule has 2 aliphatic heterocycles. The quantitative estimate of drug-likeness (QED) is 0.238. The Morgan fingerprint density at radius 2 is 1.50 bits per heavy atom. The Kier molecular flexibility index (Phi) is 6.09. The predicted molar refractivity (Wildman–Crippen MR) is 69.2 cm³/mol. The van der Waals surface area contributed by atoms with Gasteiger partial charge < -0.3 is 55.1 Å². The maximum absolute atomic E-state index is 11.0. The van der Waals surface area contributed by atoms with E-state index in [0.717, 1.165) is 0 Å². The van der Waals surface area contributed by atoms with Gasteiger partial charge in [-0.2, -0.15) is 0 Å². The summed E-state index contributed by atoms with van der Waals surface area (Å²) >= 11 is 0. The number of hydrogen-bond acceptors (Lipinski definition) is 11. The van der Waals surface area contributed by atoms with Gasteiger partial charge in [-0.05, 0) is 0 Å². The van der Waals surface area contributed by atoms with Crippen molar-refractivity contribution >= 4 is 5.97 Å². The number of hydrogen-bond donors (Lipinski definition) is 8. The highest BCUT2D eigenvalue weighted by atomic mass is 16.7. The maximum Gasteiger partial charge on any atom is 0.335 e. The topological polar surface area (TPSA) is 207 Å². The number of ether oxygens (including phenoxy) is 3. The molecule has 2 heterocycles. The molecule has 0 aromatic rings. The fraction of sp³-hybridized carbons (Fsp3) is 0.917. The summed E-state index contributed by atoms with van der Waals surface area (Å²) in [4.78, 5) is 11.0. The first-order valence-electron chi connectivity index (χ1n) is 7.07. The number of carboxylic acid groups (broad SMARTS) is 1. The summed E-state index contributed by atoms with van der Waals surface area (Å²) in [7, 11) is 0. The molecule has 0 amide bonds. The molecule has 0 aromatic heterocycles. The van der Waals surface area contributed by atoms with Crippen molar-refractivity contribution < 1.29 is 59.9 Å². The van der Waals surface area contributed by atoms with Crippen molar-refractivity contribution in [1.82, 2.24) is 0 Å². The Bertz CT molecular complexity index is 446. The highest BCUT2D eigenvalue weighted by Crippen LogP contribution is 2.28. The van der Waals surface area contributed by atoms with E-state index >= 15 is 0 Å². The van der Waals surface area contributed by atoms with Crippen LogP contribution in [0.4, 0.5) is 0 Å². The average Bonchev–Trinajstić information content (AvgIpc) is 2.54. The van der Waals surface area contributed by atoms with Crippen LogP contribution in [0.25, 0.3) is 0 Å². The molecule has 0 aromatic carbocycles. The molecular formula is C12H20O12. The zero-order valence-electron chi connectivity index (χ0n) is 12.2. The monoisotopic (exact) mass is 356 g/mol. The van der Waals surface area contributed by atoms with Gasteiger partial charge in [-0.3, -0.25) is 0 Å². The summed E-state index contributed by atoms with van der Waals surface area (Å²) in [6.45, 7) is -0.724. The molecule has 2 fully saturated rings. The van der Waals surface area contributed by atoms with Crippen LogP contribution in [0.1, 0.15) is 0 Å². The van der Waals surface area contributed by atoms with Gasteiger partial charge in [-0.1, -0.05) is 0 Å². The van der Waals surface area contributed by atoms with E-state index in [4.69, 9.17) is 24.4 Å². The van der Waals surface area contributed by atoms with Gasteiger partial charge in [0.1, 0.15) is 42.7 Å². The third kappa shape index (κ3) is 3.52. The maximum atomic E-state index is 11.0. The normalized spacial score (nSPS) is 49.8. The minimum absolute atomic E-state index is 0.724. The van der Waals surface area contributed by atoms with Crippen LogP contribution in [0.15, 0.2) is 0 Å².